The minimum absolute atomic E-state index is 0.112. The number of methoxy groups -OCH3 is 1. The van der Waals surface area contributed by atoms with Crippen LogP contribution in [0.5, 0.6) is 5.75 Å². The van der Waals surface area contributed by atoms with E-state index in [1.807, 2.05) is 6.07 Å². The SMILES string of the molecule is COc1ccc(CNC(C)(C)C)cc1CSc1nncs1. The molecule has 4 nitrogen and oxygen atoms in total. The highest BCUT2D eigenvalue weighted by Crippen LogP contribution is 2.29. The summed E-state index contributed by atoms with van der Waals surface area (Å²) in [6.07, 6.45) is 0. The predicted molar refractivity (Wildman–Crippen MR) is 89.1 cm³/mol. The summed E-state index contributed by atoms with van der Waals surface area (Å²) in [5.41, 5.74) is 4.31. The summed E-state index contributed by atoms with van der Waals surface area (Å²) >= 11 is 3.25. The van der Waals surface area contributed by atoms with Gasteiger partial charge in [-0.3, -0.25) is 0 Å². The molecule has 0 aliphatic rings. The lowest BCUT2D eigenvalue weighted by Crippen LogP contribution is -2.35. The smallest absolute Gasteiger partial charge is 0.174 e. The average molecular weight is 323 g/mol. The maximum atomic E-state index is 5.45. The van der Waals surface area contributed by atoms with E-state index in [-0.39, 0.29) is 5.54 Å². The van der Waals surface area contributed by atoms with E-state index in [0.29, 0.717) is 0 Å². The monoisotopic (exact) mass is 323 g/mol. The van der Waals surface area contributed by atoms with Crippen molar-refractivity contribution < 1.29 is 4.74 Å². The molecule has 1 N–H and O–H groups in total. The Hall–Kier alpha value is -1.11. The summed E-state index contributed by atoms with van der Waals surface area (Å²) in [5.74, 6) is 1.76. The van der Waals surface area contributed by atoms with Crippen LogP contribution >= 0.6 is 23.1 Å². The van der Waals surface area contributed by atoms with E-state index in [0.717, 1.165) is 22.4 Å². The molecule has 0 fully saturated rings. The topological polar surface area (TPSA) is 47.0 Å². The lowest BCUT2D eigenvalue weighted by Gasteiger charge is -2.21. The Bertz CT molecular complexity index is 565. The Morgan fingerprint density at radius 1 is 1.33 bits per heavy atom. The Balaban J connectivity index is 2.06. The highest BCUT2D eigenvalue weighted by atomic mass is 32.2. The molecule has 1 heterocycles. The maximum Gasteiger partial charge on any atom is 0.174 e. The van der Waals surface area contributed by atoms with Crippen molar-refractivity contribution in [1.82, 2.24) is 15.5 Å². The first-order valence-electron chi connectivity index (χ1n) is 6.78. The second-order valence-corrected chi connectivity index (χ2v) is 7.80. The summed E-state index contributed by atoms with van der Waals surface area (Å²) in [6.45, 7) is 7.36. The molecule has 2 aromatic rings. The number of aromatic nitrogens is 2. The normalized spacial score (nSPS) is 11.6. The first-order valence-corrected chi connectivity index (χ1v) is 8.64. The molecule has 0 aliphatic heterocycles. The molecular weight excluding hydrogens is 302 g/mol. The van der Waals surface area contributed by atoms with Crippen LogP contribution in [0.4, 0.5) is 0 Å². The average Bonchev–Trinajstić information content (AvgIpc) is 2.95. The number of hydrogen-bond acceptors (Lipinski definition) is 6. The molecule has 114 valence electrons. The quantitative estimate of drug-likeness (QED) is 0.821. The molecule has 1 aromatic carbocycles. The van der Waals surface area contributed by atoms with E-state index in [2.05, 4.69) is 48.4 Å². The standard InChI is InChI=1S/C15H21N3OS2/c1-15(2,3)16-8-11-5-6-13(19-4)12(7-11)9-20-14-18-17-10-21-14/h5-7,10,16H,8-9H2,1-4H3. The van der Waals surface area contributed by atoms with Gasteiger partial charge in [-0.2, -0.15) is 0 Å². The zero-order valence-corrected chi connectivity index (χ0v) is 14.5. The van der Waals surface area contributed by atoms with Gasteiger partial charge in [-0.05, 0) is 38.5 Å². The van der Waals surface area contributed by atoms with Crippen molar-refractivity contribution in [2.45, 2.75) is 42.9 Å². The summed E-state index contributed by atoms with van der Waals surface area (Å²) < 4.78 is 6.43. The summed E-state index contributed by atoms with van der Waals surface area (Å²) in [5, 5.41) is 11.4. The van der Waals surface area contributed by atoms with Crippen LogP contribution in [-0.4, -0.2) is 22.8 Å². The minimum atomic E-state index is 0.112. The molecule has 21 heavy (non-hydrogen) atoms. The van der Waals surface area contributed by atoms with Gasteiger partial charge in [-0.25, -0.2) is 0 Å². The van der Waals surface area contributed by atoms with Crippen LogP contribution in [0, 0.1) is 0 Å². The zero-order chi connectivity index (χ0) is 15.3. The lowest BCUT2D eigenvalue weighted by molar-refractivity contribution is 0.409. The second kappa shape index (κ2) is 7.24. The summed E-state index contributed by atoms with van der Waals surface area (Å²) in [6, 6.07) is 6.35. The maximum absolute atomic E-state index is 5.45. The third-order valence-corrected chi connectivity index (χ3v) is 4.77. The van der Waals surface area contributed by atoms with Crippen molar-refractivity contribution in [1.29, 1.82) is 0 Å². The molecule has 0 amide bonds. The van der Waals surface area contributed by atoms with Gasteiger partial charge in [0, 0.05) is 23.4 Å². The van der Waals surface area contributed by atoms with Crippen molar-refractivity contribution in [3.8, 4) is 5.75 Å². The largest absolute Gasteiger partial charge is 0.496 e. The van der Waals surface area contributed by atoms with E-state index in [1.165, 1.54) is 11.1 Å². The van der Waals surface area contributed by atoms with Crippen LogP contribution in [-0.2, 0) is 12.3 Å². The van der Waals surface area contributed by atoms with Gasteiger partial charge < -0.3 is 10.1 Å². The van der Waals surface area contributed by atoms with Crippen LogP contribution in [0.3, 0.4) is 0 Å². The van der Waals surface area contributed by atoms with E-state index in [9.17, 15) is 0 Å². The third-order valence-electron chi connectivity index (χ3n) is 2.86. The highest BCUT2D eigenvalue weighted by Gasteiger charge is 2.11. The van der Waals surface area contributed by atoms with Crippen molar-refractivity contribution in [2.24, 2.45) is 0 Å². The Kier molecular flexibility index (Phi) is 5.61. The van der Waals surface area contributed by atoms with E-state index in [1.54, 1.807) is 35.7 Å². The van der Waals surface area contributed by atoms with Gasteiger partial charge in [0.2, 0.25) is 0 Å². The number of ether oxygens (including phenoxy) is 1. The lowest BCUT2D eigenvalue weighted by atomic mass is 10.1. The van der Waals surface area contributed by atoms with Crippen molar-refractivity contribution >= 4 is 23.1 Å². The van der Waals surface area contributed by atoms with Crippen LogP contribution in [0.1, 0.15) is 31.9 Å². The molecule has 0 radical (unpaired) electrons. The predicted octanol–water partition coefficient (Wildman–Crippen LogP) is 3.73. The third kappa shape index (κ3) is 5.30. The van der Waals surface area contributed by atoms with Gasteiger partial charge in [0.15, 0.2) is 4.34 Å². The summed E-state index contributed by atoms with van der Waals surface area (Å²) in [7, 11) is 1.71. The molecule has 1 aromatic heterocycles. The van der Waals surface area contributed by atoms with Crippen LogP contribution in [0.2, 0.25) is 0 Å². The van der Waals surface area contributed by atoms with E-state index < -0.39 is 0 Å². The molecule has 0 saturated carbocycles. The molecule has 0 bridgehead atoms. The second-order valence-electron chi connectivity index (χ2n) is 5.74. The first kappa shape index (κ1) is 16.3. The molecule has 2 rings (SSSR count). The number of rotatable bonds is 6. The molecular formula is C15H21N3OS2. The number of hydrogen-bond donors (Lipinski definition) is 1. The van der Waals surface area contributed by atoms with Crippen molar-refractivity contribution in [3.63, 3.8) is 0 Å². The van der Waals surface area contributed by atoms with E-state index in [4.69, 9.17) is 4.74 Å². The molecule has 6 heteroatoms. The Morgan fingerprint density at radius 3 is 2.76 bits per heavy atom. The number of thioether (sulfide) groups is 1. The first-order chi connectivity index (χ1) is 9.98. The number of nitrogens with one attached hydrogen (secondary N) is 1. The molecule has 0 atom stereocenters. The fourth-order valence-corrected chi connectivity index (χ4v) is 3.25. The van der Waals surface area contributed by atoms with Gasteiger partial charge in [-0.1, -0.05) is 29.2 Å². The highest BCUT2D eigenvalue weighted by molar-refractivity contribution is 8.00. The van der Waals surface area contributed by atoms with Crippen molar-refractivity contribution in [3.05, 3.63) is 34.8 Å². The van der Waals surface area contributed by atoms with Crippen molar-refractivity contribution in [2.75, 3.05) is 7.11 Å². The molecule has 0 saturated heterocycles. The molecule has 0 aliphatic carbocycles. The van der Waals surface area contributed by atoms with E-state index >= 15 is 0 Å². The van der Waals surface area contributed by atoms with Gasteiger partial charge in [-0.15, -0.1) is 10.2 Å². The fourth-order valence-electron chi connectivity index (χ4n) is 1.79. The Morgan fingerprint density at radius 2 is 2.14 bits per heavy atom. The van der Waals surface area contributed by atoms with Gasteiger partial charge in [0.05, 0.1) is 7.11 Å². The number of benzene rings is 1. The molecule has 0 unspecified atom stereocenters. The summed E-state index contributed by atoms with van der Waals surface area (Å²) in [4.78, 5) is 0. The minimum Gasteiger partial charge on any atom is -0.496 e. The van der Waals surface area contributed by atoms with Gasteiger partial charge >= 0.3 is 0 Å². The number of nitrogens with zero attached hydrogens (tertiary/aromatic N) is 2. The fraction of sp³-hybridized carbons (Fsp3) is 0.467. The Labute approximate surface area is 134 Å². The van der Waals surface area contributed by atoms with Crippen LogP contribution < -0.4 is 10.1 Å². The van der Waals surface area contributed by atoms with Crippen LogP contribution in [0.25, 0.3) is 0 Å². The van der Waals surface area contributed by atoms with Gasteiger partial charge in [0.1, 0.15) is 11.3 Å². The van der Waals surface area contributed by atoms with Gasteiger partial charge in [0.25, 0.3) is 0 Å². The van der Waals surface area contributed by atoms with Crippen LogP contribution in [0.15, 0.2) is 28.0 Å². The molecule has 0 spiro atoms. The zero-order valence-electron chi connectivity index (χ0n) is 12.8.